The van der Waals surface area contributed by atoms with Gasteiger partial charge in [0.2, 0.25) is 29.5 Å². The average Bonchev–Trinajstić information content (AvgIpc) is 3.80. The zero-order valence-electron chi connectivity index (χ0n) is 28.9. The van der Waals surface area contributed by atoms with Crippen LogP contribution in [0.4, 0.5) is 0 Å². The Bertz CT molecular complexity index is 1510. The Morgan fingerprint density at radius 1 is 0.612 bits per heavy atom. The van der Waals surface area contributed by atoms with Crippen molar-refractivity contribution in [3.63, 3.8) is 0 Å². The van der Waals surface area contributed by atoms with Gasteiger partial charge in [-0.1, -0.05) is 15.9 Å². The lowest BCUT2D eigenvalue weighted by Gasteiger charge is -2.37. The van der Waals surface area contributed by atoms with Crippen molar-refractivity contribution >= 4 is 57.3 Å². The van der Waals surface area contributed by atoms with Crippen LogP contribution in [0.2, 0.25) is 0 Å². The van der Waals surface area contributed by atoms with Crippen LogP contribution in [0.15, 0.2) is 28.7 Å². The van der Waals surface area contributed by atoms with Crippen LogP contribution >= 0.6 is 15.9 Å². The van der Waals surface area contributed by atoms with Crippen LogP contribution in [0.3, 0.4) is 0 Å². The summed E-state index contributed by atoms with van der Waals surface area (Å²) in [6.45, 7) is 10.1. The smallest absolute Gasteiger partial charge is 0.326 e. The number of nitrogens with zero attached hydrogens (tertiary/aromatic N) is 3. The number of carbonyl (C=O) groups excluding carboxylic acids is 6. The number of amides is 6. The first-order valence-electron chi connectivity index (χ1n) is 16.6. The van der Waals surface area contributed by atoms with Crippen LogP contribution in [0, 0.1) is 0 Å². The van der Waals surface area contributed by atoms with E-state index in [0.717, 1.165) is 4.47 Å². The second-order valence-corrected chi connectivity index (χ2v) is 15.5. The van der Waals surface area contributed by atoms with Gasteiger partial charge in [0.15, 0.2) is 0 Å². The third-order valence-electron chi connectivity index (χ3n) is 9.44. The van der Waals surface area contributed by atoms with E-state index < -0.39 is 76.2 Å². The number of carbonyl (C=O) groups is 7. The summed E-state index contributed by atoms with van der Waals surface area (Å²) in [5, 5.41) is 17.8. The lowest BCUT2D eigenvalue weighted by molar-refractivity contribution is -0.152. The van der Waals surface area contributed by atoms with E-state index in [2.05, 4.69) is 31.9 Å². The van der Waals surface area contributed by atoms with Gasteiger partial charge in [-0.3, -0.25) is 28.8 Å². The fourth-order valence-corrected chi connectivity index (χ4v) is 7.07. The fourth-order valence-electron chi connectivity index (χ4n) is 6.81. The summed E-state index contributed by atoms with van der Waals surface area (Å²) < 4.78 is 0.806. The van der Waals surface area contributed by atoms with Crippen molar-refractivity contribution in [2.75, 3.05) is 19.6 Å². The molecule has 3 fully saturated rings. The zero-order valence-corrected chi connectivity index (χ0v) is 30.5. The first-order chi connectivity index (χ1) is 22.8. The minimum atomic E-state index is -1.45. The van der Waals surface area contributed by atoms with Crippen LogP contribution in [0.5, 0.6) is 0 Å². The van der Waals surface area contributed by atoms with Crippen molar-refractivity contribution in [2.45, 2.75) is 115 Å². The van der Waals surface area contributed by atoms with Gasteiger partial charge in [-0.25, -0.2) is 4.79 Å². The molecule has 1 aromatic carbocycles. The predicted octanol–water partition coefficient (Wildman–Crippen LogP) is 1.80. The van der Waals surface area contributed by atoms with Gasteiger partial charge in [-0.2, -0.15) is 0 Å². The number of rotatable bonds is 10. The highest BCUT2D eigenvalue weighted by atomic mass is 79.9. The van der Waals surface area contributed by atoms with Gasteiger partial charge >= 0.3 is 5.97 Å². The molecule has 0 aromatic heterocycles. The molecule has 0 aliphatic carbocycles. The van der Waals surface area contributed by atoms with E-state index in [1.807, 2.05) is 0 Å². The van der Waals surface area contributed by atoms with E-state index in [1.165, 1.54) is 42.4 Å². The summed E-state index contributed by atoms with van der Waals surface area (Å²) >= 11 is 3.33. The Morgan fingerprint density at radius 2 is 0.959 bits per heavy atom. The average molecular weight is 748 g/mol. The van der Waals surface area contributed by atoms with Crippen LogP contribution in [0.25, 0.3) is 0 Å². The van der Waals surface area contributed by atoms with Crippen LogP contribution in [-0.4, -0.2) is 116 Å². The van der Waals surface area contributed by atoms with Crippen LogP contribution in [0.1, 0.15) is 90.4 Å². The molecule has 3 aliphatic rings. The van der Waals surface area contributed by atoms with E-state index in [4.69, 9.17) is 0 Å². The molecule has 0 radical (unpaired) electrons. The molecule has 0 saturated carbocycles. The summed E-state index contributed by atoms with van der Waals surface area (Å²) in [6, 6.07) is 3.98. The SMILES string of the molecule is CC(C)(NC(=O)[C@@H]1CCCN1C(=O)C(C)(C)NC(=O)[C@@H]1CCCN1C(=O)C(C)(C)NC(=O)c1ccc(Br)cc1)C(=O)N1CCC[C@H]1C(=O)O. The minimum absolute atomic E-state index is 0.262. The number of carboxylic acid groups (broad SMARTS) is 1. The Hall–Kier alpha value is -4.01. The highest BCUT2D eigenvalue weighted by Gasteiger charge is 2.47. The van der Waals surface area contributed by atoms with Crippen molar-refractivity contribution in [1.29, 1.82) is 0 Å². The number of benzene rings is 1. The number of nitrogens with one attached hydrogen (secondary N) is 3. The minimum Gasteiger partial charge on any atom is -0.480 e. The van der Waals surface area contributed by atoms with E-state index in [0.29, 0.717) is 50.6 Å². The Balaban J connectivity index is 1.39. The molecule has 1 aromatic rings. The van der Waals surface area contributed by atoms with E-state index in [9.17, 15) is 38.7 Å². The van der Waals surface area contributed by atoms with Crippen LogP contribution < -0.4 is 16.0 Å². The normalized spacial score (nSPS) is 21.4. The van der Waals surface area contributed by atoms with Crippen LogP contribution in [-0.2, 0) is 28.8 Å². The van der Waals surface area contributed by atoms with Gasteiger partial charge < -0.3 is 35.8 Å². The van der Waals surface area contributed by atoms with Gasteiger partial charge in [0.1, 0.15) is 34.7 Å². The molecule has 3 saturated heterocycles. The molecule has 4 rings (SSSR count). The second-order valence-electron chi connectivity index (χ2n) is 14.6. The number of hydrogen-bond donors (Lipinski definition) is 4. The molecular weight excluding hydrogens is 700 g/mol. The molecule has 4 N–H and O–H groups in total. The van der Waals surface area contributed by atoms with Crippen molar-refractivity contribution in [3.05, 3.63) is 34.3 Å². The van der Waals surface area contributed by atoms with Crippen molar-refractivity contribution in [2.24, 2.45) is 0 Å². The molecule has 268 valence electrons. The third-order valence-corrected chi connectivity index (χ3v) is 9.97. The summed E-state index contributed by atoms with van der Waals surface area (Å²) in [5.41, 5.74) is -3.81. The highest BCUT2D eigenvalue weighted by Crippen LogP contribution is 2.27. The van der Waals surface area contributed by atoms with Gasteiger partial charge in [0.05, 0.1) is 0 Å². The number of carboxylic acids is 1. The van der Waals surface area contributed by atoms with Crippen molar-refractivity contribution in [1.82, 2.24) is 30.7 Å². The van der Waals surface area contributed by atoms with Gasteiger partial charge in [0, 0.05) is 29.7 Å². The molecule has 0 bridgehead atoms. The summed E-state index contributed by atoms with van der Waals surface area (Å²) in [4.78, 5) is 96.6. The molecule has 15 heteroatoms. The molecule has 14 nitrogen and oxygen atoms in total. The van der Waals surface area contributed by atoms with Crippen molar-refractivity contribution < 1.29 is 38.7 Å². The Labute approximate surface area is 294 Å². The Morgan fingerprint density at radius 3 is 1.35 bits per heavy atom. The Kier molecular flexibility index (Phi) is 11.2. The van der Waals surface area contributed by atoms with E-state index in [1.54, 1.807) is 38.1 Å². The first kappa shape index (κ1) is 37.8. The number of aliphatic carboxylic acids is 1. The summed E-state index contributed by atoms with van der Waals surface area (Å²) in [6.07, 6.45) is 2.69. The number of hydrogen-bond acceptors (Lipinski definition) is 7. The molecule has 3 aliphatic heterocycles. The molecule has 0 unspecified atom stereocenters. The largest absolute Gasteiger partial charge is 0.480 e. The quantitative estimate of drug-likeness (QED) is 0.279. The zero-order chi connectivity index (χ0) is 36.5. The van der Waals surface area contributed by atoms with Gasteiger partial charge in [-0.15, -0.1) is 0 Å². The van der Waals surface area contributed by atoms with Crippen molar-refractivity contribution in [3.8, 4) is 0 Å². The maximum absolute atomic E-state index is 13.9. The molecule has 6 amide bonds. The van der Waals surface area contributed by atoms with E-state index >= 15 is 0 Å². The standard InChI is InChI=1S/C34H47BrN6O8/c1-32(2,36-25(42)20-13-15-21(35)16-14-20)29(47)39-17-7-10-22(39)26(43)37-33(3,4)30(48)40-18-8-11-23(40)27(44)38-34(5,6)31(49)41-19-9-12-24(41)28(45)46/h13-16,22-24H,7-12,17-19H2,1-6H3,(H,36,42)(H,37,43)(H,38,44)(H,45,46)/t22-,23-,24-/m0/s1. The topological polar surface area (TPSA) is 186 Å². The predicted molar refractivity (Wildman–Crippen MR) is 182 cm³/mol. The summed E-state index contributed by atoms with van der Waals surface area (Å²) in [5.74, 6) is -4.04. The molecule has 3 atom stereocenters. The number of likely N-dealkylation sites (tertiary alicyclic amines) is 3. The molecule has 3 heterocycles. The first-order valence-corrected chi connectivity index (χ1v) is 17.4. The van der Waals surface area contributed by atoms with E-state index in [-0.39, 0.29) is 13.1 Å². The maximum atomic E-state index is 13.9. The monoisotopic (exact) mass is 746 g/mol. The molecule has 49 heavy (non-hydrogen) atoms. The lowest BCUT2D eigenvalue weighted by Crippen LogP contribution is -2.64. The lowest BCUT2D eigenvalue weighted by atomic mass is 9.99. The molecular formula is C34H47BrN6O8. The highest BCUT2D eigenvalue weighted by molar-refractivity contribution is 9.10. The van der Waals surface area contributed by atoms with Gasteiger partial charge in [0.25, 0.3) is 5.91 Å². The third kappa shape index (κ3) is 8.25. The maximum Gasteiger partial charge on any atom is 0.326 e. The molecule has 0 spiro atoms. The van der Waals surface area contributed by atoms with Gasteiger partial charge in [-0.05, 0) is 104 Å². The summed E-state index contributed by atoms with van der Waals surface area (Å²) in [7, 11) is 0. The number of halogens is 1. The fraction of sp³-hybridized carbons (Fsp3) is 0.618. The second kappa shape index (κ2) is 14.5.